The third-order valence-electron chi connectivity index (χ3n) is 3.29. The van der Waals surface area contributed by atoms with E-state index in [0.29, 0.717) is 13.1 Å². The Morgan fingerprint density at radius 2 is 2.16 bits per heavy atom. The number of hydrogen-bond acceptors (Lipinski definition) is 3. The summed E-state index contributed by atoms with van der Waals surface area (Å²) in [4.78, 5) is 27.1. The van der Waals surface area contributed by atoms with E-state index in [1.165, 1.54) is 0 Å². The minimum absolute atomic E-state index is 0.0261. The average Bonchev–Trinajstić information content (AvgIpc) is 2.52. The number of likely N-dealkylation sites (N-methyl/N-ethyl adjacent to an activating group) is 1. The van der Waals surface area contributed by atoms with Gasteiger partial charge in [0.1, 0.15) is 5.75 Å². The number of amides is 2. The maximum absolute atomic E-state index is 12.2. The number of carbonyl (C=O) groups excluding carboxylic acids is 2. The van der Waals surface area contributed by atoms with Crippen LogP contribution in [0.25, 0.3) is 0 Å². The highest BCUT2D eigenvalue weighted by atomic mass is 16.3. The number of rotatable bonds is 2. The predicted molar refractivity (Wildman–Crippen MR) is 70.6 cm³/mol. The van der Waals surface area contributed by atoms with Crippen LogP contribution in [0.5, 0.6) is 5.75 Å². The number of phenolic OH excluding ortho intramolecular Hbond substituents is 1. The Morgan fingerprint density at radius 1 is 1.37 bits per heavy atom. The van der Waals surface area contributed by atoms with Gasteiger partial charge in [0, 0.05) is 20.1 Å². The molecular formula is C14H18N2O3. The first-order chi connectivity index (χ1) is 9.06. The summed E-state index contributed by atoms with van der Waals surface area (Å²) >= 11 is 0. The van der Waals surface area contributed by atoms with Crippen molar-refractivity contribution in [3.63, 3.8) is 0 Å². The van der Waals surface area contributed by atoms with Crippen LogP contribution in [0, 0.1) is 0 Å². The lowest BCUT2D eigenvalue weighted by molar-refractivity contribution is -0.137. The van der Waals surface area contributed by atoms with Gasteiger partial charge in [-0.05, 0) is 24.1 Å². The Kier molecular flexibility index (Phi) is 4.04. The summed E-state index contributed by atoms with van der Waals surface area (Å²) in [6.07, 6.45) is 1.01. The minimum atomic E-state index is -0.0748. The van der Waals surface area contributed by atoms with Crippen LogP contribution in [0.1, 0.15) is 12.0 Å². The van der Waals surface area contributed by atoms with E-state index in [0.717, 1.165) is 12.0 Å². The lowest BCUT2D eigenvalue weighted by Gasteiger charge is -2.19. The summed E-state index contributed by atoms with van der Waals surface area (Å²) in [6.45, 7) is 1.44. The van der Waals surface area contributed by atoms with Crippen molar-refractivity contribution in [2.24, 2.45) is 0 Å². The molecule has 0 spiro atoms. The van der Waals surface area contributed by atoms with Crippen molar-refractivity contribution >= 4 is 11.8 Å². The van der Waals surface area contributed by atoms with E-state index in [2.05, 4.69) is 0 Å². The summed E-state index contributed by atoms with van der Waals surface area (Å²) in [6, 6.07) is 6.64. The van der Waals surface area contributed by atoms with E-state index >= 15 is 0 Å². The van der Waals surface area contributed by atoms with Crippen LogP contribution in [0.3, 0.4) is 0 Å². The number of carbonyl (C=O) groups is 2. The molecule has 0 atom stereocenters. The lowest BCUT2D eigenvalue weighted by atomic mass is 10.1. The van der Waals surface area contributed by atoms with Crippen molar-refractivity contribution in [3.8, 4) is 5.75 Å². The monoisotopic (exact) mass is 262 g/mol. The topological polar surface area (TPSA) is 60.9 Å². The van der Waals surface area contributed by atoms with Crippen LogP contribution in [0.2, 0.25) is 0 Å². The van der Waals surface area contributed by atoms with Gasteiger partial charge in [-0.25, -0.2) is 0 Å². The van der Waals surface area contributed by atoms with E-state index < -0.39 is 0 Å². The van der Waals surface area contributed by atoms with Crippen molar-refractivity contribution in [1.29, 1.82) is 0 Å². The summed E-state index contributed by atoms with van der Waals surface area (Å²) in [7, 11) is 1.76. The van der Waals surface area contributed by atoms with Gasteiger partial charge in [0.25, 0.3) is 0 Å². The van der Waals surface area contributed by atoms with Gasteiger partial charge in [0.05, 0.1) is 13.0 Å². The standard InChI is InChI=1S/C14H18N2O3/c1-15-6-3-7-16(10-14(15)19)13(18)9-11-4-2-5-12(17)8-11/h2,4-5,8,17H,3,6-7,9-10H2,1H3. The molecule has 0 bridgehead atoms. The quantitative estimate of drug-likeness (QED) is 0.850. The minimum Gasteiger partial charge on any atom is -0.508 e. The van der Waals surface area contributed by atoms with Crippen molar-refractivity contribution in [2.75, 3.05) is 26.7 Å². The highest BCUT2D eigenvalue weighted by molar-refractivity contribution is 5.86. The number of hydrogen-bond donors (Lipinski definition) is 1. The van der Waals surface area contributed by atoms with E-state index in [-0.39, 0.29) is 30.5 Å². The van der Waals surface area contributed by atoms with Crippen molar-refractivity contribution < 1.29 is 14.7 Å². The second-order valence-corrected chi connectivity index (χ2v) is 4.83. The molecule has 5 nitrogen and oxygen atoms in total. The Bertz CT molecular complexity index is 487. The molecule has 1 aromatic rings. The number of nitrogens with zero attached hydrogens (tertiary/aromatic N) is 2. The van der Waals surface area contributed by atoms with Crippen LogP contribution in [0.15, 0.2) is 24.3 Å². The smallest absolute Gasteiger partial charge is 0.241 e. The summed E-state index contributed by atoms with van der Waals surface area (Å²) in [5.41, 5.74) is 0.759. The van der Waals surface area contributed by atoms with Gasteiger partial charge in [-0.1, -0.05) is 12.1 Å². The zero-order chi connectivity index (χ0) is 13.8. The fourth-order valence-electron chi connectivity index (χ4n) is 2.15. The molecule has 1 heterocycles. The van der Waals surface area contributed by atoms with Crippen LogP contribution in [0.4, 0.5) is 0 Å². The largest absolute Gasteiger partial charge is 0.508 e. The van der Waals surface area contributed by atoms with Gasteiger partial charge in [-0.3, -0.25) is 9.59 Å². The van der Waals surface area contributed by atoms with E-state index in [1.54, 1.807) is 41.1 Å². The highest BCUT2D eigenvalue weighted by Gasteiger charge is 2.22. The van der Waals surface area contributed by atoms with E-state index in [9.17, 15) is 14.7 Å². The van der Waals surface area contributed by atoms with Gasteiger partial charge in [0.15, 0.2) is 0 Å². The van der Waals surface area contributed by atoms with Gasteiger partial charge < -0.3 is 14.9 Å². The van der Waals surface area contributed by atoms with Crippen LogP contribution in [-0.4, -0.2) is 53.4 Å². The molecule has 102 valence electrons. The second kappa shape index (κ2) is 5.73. The van der Waals surface area contributed by atoms with E-state index in [4.69, 9.17) is 0 Å². The molecule has 5 heteroatoms. The van der Waals surface area contributed by atoms with Gasteiger partial charge >= 0.3 is 0 Å². The van der Waals surface area contributed by atoms with Gasteiger partial charge in [-0.2, -0.15) is 0 Å². The summed E-state index contributed by atoms with van der Waals surface area (Å²) in [5.74, 6) is 0.0491. The molecule has 1 aliphatic rings. The van der Waals surface area contributed by atoms with Crippen molar-refractivity contribution in [1.82, 2.24) is 9.80 Å². The first-order valence-corrected chi connectivity index (χ1v) is 6.36. The van der Waals surface area contributed by atoms with Crippen LogP contribution >= 0.6 is 0 Å². The fourth-order valence-corrected chi connectivity index (χ4v) is 2.15. The fraction of sp³-hybridized carbons (Fsp3) is 0.429. The molecule has 1 aliphatic heterocycles. The zero-order valence-electron chi connectivity index (χ0n) is 11.0. The van der Waals surface area contributed by atoms with Crippen molar-refractivity contribution in [2.45, 2.75) is 12.8 Å². The Balaban J connectivity index is 2.01. The molecule has 1 N–H and O–H groups in total. The summed E-state index contributed by atoms with van der Waals surface area (Å²) in [5, 5.41) is 9.37. The number of aromatic hydroxyl groups is 1. The summed E-state index contributed by atoms with van der Waals surface area (Å²) < 4.78 is 0. The van der Waals surface area contributed by atoms with E-state index in [1.807, 2.05) is 0 Å². The molecule has 2 rings (SSSR count). The average molecular weight is 262 g/mol. The zero-order valence-corrected chi connectivity index (χ0v) is 11.0. The molecule has 19 heavy (non-hydrogen) atoms. The Labute approximate surface area is 112 Å². The normalized spacial score (nSPS) is 16.4. The Morgan fingerprint density at radius 3 is 2.89 bits per heavy atom. The molecule has 0 radical (unpaired) electrons. The van der Waals surface area contributed by atoms with Crippen molar-refractivity contribution in [3.05, 3.63) is 29.8 Å². The number of phenols is 1. The second-order valence-electron chi connectivity index (χ2n) is 4.83. The number of benzene rings is 1. The highest BCUT2D eigenvalue weighted by Crippen LogP contribution is 2.13. The maximum atomic E-state index is 12.2. The Hall–Kier alpha value is -2.04. The molecule has 0 aliphatic carbocycles. The SMILES string of the molecule is CN1CCCN(C(=O)Cc2cccc(O)c2)CC1=O. The third kappa shape index (κ3) is 3.47. The molecule has 1 fully saturated rings. The molecule has 2 amide bonds. The molecule has 0 aromatic heterocycles. The van der Waals surface area contributed by atoms with Gasteiger partial charge in [-0.15, -0.1) is 0 Å². The molecule has 0 unspecified atom stereocenters. The molecule has 1 saturated heterocycles. The first kappa shape index (κ1) is 13.4. The predicted octanol–water partition coefficient (Wildman–Crippen LogP) is 0.625. The first-order valence-electron chi connectivity index (χ1n) is 6.36. The van der Waals surface area contributed by atoms with Crippen LogP contribution in [-0.2, 0) is 16.0 Å². The molecular weight excluding hydrogens is 244 g/mol. The third-order valence-corrected chi connectivity index (χ3v) is 3.29. The molecule has 0 saturated carbocycles. The lowest BCUT2D eigenvalue weighted by Crippen LogP contribution is -2.38. The van der Waals surface area contributed by atoms with Crippen LogP contribution < -0.4 is 0 Å². The molecule has 1 aromatic carbocycles. The van der Waals surface area contributed by atoms with Gasteiger partial charge in [0.2, 0.25) is 11.8 Å². The maximum Gasteiger partial charge on any atom is 0.241 e.